The lowest BCUT2D eigenvalue weighted by atomic mass is 10.2. The third-order valence-corrected chi connectivity index (χ3v) is 4.70. The van der Waals surface area contributed by atoms with Gasteiger partial charge in [0, 0.05) is 43.0 Å². The predicted molar refractivity (Wildman–Crippen MR) is 88.5 cm³/mol. The molecular weight excluding hydrogens is 353 g/mol. The quantitative estimate of drug-likeness (QED) is 0.691. The zero-order chi connectivity index (χ0) is 14.8. The molecule has 0 saturated heterocycles. The molecular formula is C15H13BrFN3S. The van der Waals surface area contributed by atoms with Gasteiger partial charge >= 0.3 is 0 Å². The van der Waals surface area contributed by atoms with Crippen LogP contribution in [0.5, 0.6) is 0 Å². The molecule has 3 rings (SSSR count). The Labute approximate surface area is 134 Å². The summed E-state index contributed by atoms with van der Waals surface area (Å²) in [7, 11) is 1.98. The van der Waals surface area contributed by atoms with Crippen molar-refractivity contribution in [2.45, 2.75) is 6.42 Å². The fourth-order valence-corrected chi connectivity index (χ4v) is 3.04. The molecule has 0 aliphatic carbocycles. The SMILES string of the molecule is CN(CCc1nccs1)c1ccc2cc(Br)c(F)cc2n1. The lowest BCUT2D eigenvalue weighted by Gasteiger charge is -2.18. The summed E-state index contributed by atoms with van der Waals surface area (Å²) < 4.78 is 14.1. The van der Waals surface area contributed by atoms with Crippen LogP contribution in [-0.2, 0) is 6.42 Å². The van der Waals surface area contributed by atoms with Crippen LogP contribution in [0.15, 0.2) is 40.3 Å². The molecule has 6 heteroatoms. The van der Waals surface area contributed by atoms with Crippen molar-refractivity contribution in [3.8, 4) is 0 Å². The number of likely N-dealkylation sites (N-methyl/N-ethyl adjacent to an activating group) is 1. The van der Waals surface area contributed by atoms with Crippen molar-refractivity contribution in [2.24, 2.45) is 0 Å². The molecule has 0 amide bonds. The average Bonchev–Trinajstić information content (AvgIpc) is 2.99. The van der Waals surface area contributed by atoms with Crippen molar-refractivity contribution in [3.63, 3.8) is 0 Å². The first-order chi connectivity index (χ1) is 10.1. The molecule has 0 aliphatic rings. The highest BCUT2D eigenvalue weighted by Crippen LogP contribution is 2.24. The lowest BCUT2D eigenvalue weighted by molar-refractivity contribution is 0.623. The fraction of sp³-hybridized carbons (Fsp3) is 0.200. The minimum absolute atomic E-state index is 0.294. The van der Waals surface area contributed by atoms with Gasteiger partial charge in [0.2, 0.25) is 0 Å². The van der Waals surface area contributed by atoms with Crippen LogP contribution in [0.2, 0.25) is 0 Å². The fourth-order valence-electron chi connectivity index (χ4n) is 2.07. The highest BCUT2D eigenvalue weighted by Gasteiger charge is 2.08. The van der Waals surface area contributed by atoms with E-state index in [1.807, 2.05) is 30.8 Å². The Bertz CT molecular complexity index is 761. The van der Waals surface area contributed by atoms with Gasteiger partial charge in [-0.25, -0.2) is 14.4 Å². The molecule has 1 aromatic carbocycles. The number of thiazole rings is 1. The first-order valence-corrected chi connectivity index (χ1v) is 8.16. The number of benzene rings is 1. The lowest BCUT2D eigenvalue weighted by Crippen LogP contribution is -2.21. The van der Waals surface area contributed by atoms with Crippen molar-refractivity contribution < 1.29 is 4.39 Å². The molecule has 3 aromatic rings. The monoisotopic (exact) mass is 365 g/mol. The van der Waals surface area contributed by atoms with Crippen molar-refractivity contribution in [1.29, 1.82) is 0 Å². The van der Waals surface area contributed by atoms with Gasteiger partial charge in [-0.15, -0.1) is 11.3 Å². The van der Waals surface area contributed by atoms with Gasteiger partial charge in [0.1, 0.15) is 11.6 Å². The standard InChI is InChI=1S/C15H13BrFN3S/c1-20(6-4-15-18-5-7-21-15)14-3-2-10-8-11(16)12(17)9-13(10)19-14/h2-3,5,7-9H,4,6H2,1H3. The summed E-state index contributed by atoms with van der Waals surface area (Å²) >= 11 is 4.84. The average molecular weight is 366 g/mol. The highest BCUT2D eigenvalue weighted by molar-refractivity contribution is 9.10. The topological polar surface area (TPSA) is 29.0 Å². The number of fused-ring (bicyclic) bond motifs is 1. The van der Waals surface area contributed by atoms with E-state index in [1.165, 1.54) is 6.07 Å². The van der Waals surface area contributed by atoms with Gasteiger partial charge in [-0.3, -0.25) is 0 Å². The van der Waals surface area contributed by atoms with Crippen molar-refractivity contribution >= 4 is 44.0 Å². The van der Waals surface area contributed by atoms with Crippen molar-refractivity contribution in [3.05, 3.63) is 51.1 Å². The van der Waals surface area contributed by atoms with Crippen LogP contribution in [0, 0.1) is 5.82 Å². The highest BCUT2D eigenvalue weighted by atomic mass is 79.9. The molecule has 0 bridgehead atoms. The zero-order valence-corrected chi connectivity index (χ0v) is 13.8. The van der Waals surface area contributed by atoms with Gasteiger partial charge in [-0.05, 0) is 34.1 Å². The summed E-state index contributed by atoms with van der Waals surface area (Å²) in [6, 6.07) is 7.12. The zero-order valence-electron chi connectivity index (χ0n) is 11.4. The first-order valence-electron chi connectivity index (χ1n) is 6.49. The molecule has 0 fully saturated rings. The molecule has 0 unspecified atom stereocenters. The summed E-state index contributed by atoms with van der Waals surface area (Å²) in [4.78, 5) is 10.9. The Morgan fingerprint density at radius 3 is 2.95 bits per heavy atom. The van der Waals surface area contributed by atoms with Crippen LogP contribution < -0.4 is 4.90 Å². The second-order valence-electron chi connectivity index (χ2n) is 4.73. The van der Waals surface area contributed by atoms with Crippen LogP contribution in [0.4, 0.5) is 10.2 Å². The van der Waals surface area contributed by atoms with E-state index < -0.39 is 0 Å². The van der Waals surface area contributed by atoms with E-state index in [2.05, 4.69) is 30.8 Å². The minimum atomic E-state index is -0.294. The Morgan fingerprint density at radius 1 is 1.33 bits per heavy atom. The van der Waals surface area contributed by atoms with Crippen molar-refractivity contribution in [2.75, 3.05) is 18.5 Å². The predicted octanol–water partition coefficient (Wildman–Crippen LogP) is 4.27. The van der Waals surface area contributed by atoms with E-state index in [1.54, 1.807) is 17.4 Å². The van der Waals surface area contributed by atoms with E-state index in [4.69, 9.17) is 0 Å². The van der Waals surface area contributed by atoms with Gasteiger partial charge in [-0.1, -0.05) is 0 Å². The molecule has 2 heterocycles. The number of anilines is 1. The summed E-state index contributed by atoms with van der Waals surface area (Å²) in [6.07, 6.45) is 2.69. The molecule has 0 aliphatic heterocycles. The van der Waals surface area contributed by atoms with Crippen LogP contribution >= 0.6 is 27.3 Å². The van der Waals surface area contributed by atoms with Gasteiger partial charge in [0.25, 0.3) is 0 Å². The molecule has 108 valence electrons. The largest absolute Gasteiger partial charge is 0.359 e. The maximum Gasteiger partial charge on any atom is 0.139 e. The Hall–Kier alpha value is -1.53. The van der Waals surface area contributed by atoms with Crippen LogP contribution in [0.3, 0.4) is 0 Å². The van der Waals surface area contributed by atoms with Crippen LogP contribution in [0.1, 0.15) is 5.01 Å². The summed E-state index contributed by atoms with van der Waals surface area (Å²) in [5.41, 5.74) is 0.661. The van der Waals surface area contributed by atoms with Gasteiger partial charge in [0.05, 0.1) is 15.0 Å². The number of hydrogen-bond acceptors (Lipinski definition) is 4. The maximum absolute atomic E-state index is 13.6. The number of rotatable bonds is 4. The van der Waals surface area contributed by atoms with Gasteiger partial charge < -0.3 is 4.90 Å². The van der Waals surface area contributed by atoms with Crippen LogP contribution in [0.25, 0.3) is 10.9 Å². The number of pyridine rings is 1. The van der Waals surface area contributed by atoms with E-state index in [0.717, 1.165) is 29.2 Å². The molecule has 0 saturated carbocycles. The Morgan fingerprint density at radius 2 is 2.19 bits per heavy atom. The molecule has 0 N–H and O–H groups in total. The number of nitrogens with zero attached hydrogens (tertiary/aromatic N) is 3. The molecule has 21 heavy (non-hydrogen) atoms. The minimum Gasteiger partial charge on any atom is -0.359 e. The second kappa shape index (κ2) is 6.07. The van der Waals surface area contributed by atoms with Gasteiger partial charge in [-0.2, -0.15) is 0 Å². The van der Waals surface area contributed by atoms with E-state index in [9.17, 15) is 4.39 Å². The van der Waals surface area contributed by atoms with E-state index >= 15 is 0 Å². The Kier molecular flexibility index (Phi) is 4.17. The second-order valence-corrected chi connectivity index (χ2v) is 6.56. The first kappa shape index (κ1) is 14.4. The maximum atomic E-state index is 13.6. The smallest absolute Gasteiger partial charge is 0.139 e. The van der Waals surface area contributed by atoms with Crippen LogP contribution in [-0.4, -0.2) is 23.6 Å². The summed E-state index contributed by atoms with van der Waals surface area (Å²) in [6.45, 7) is 0.824. The molecule has 0 radical (unpaired) electrons. The Balaban J connectivity index is 1.81. The summed E-state index contributed by atoms with van der Waals surface area (Å²) in [5, 5.41) is 4.00. The molecule has 3 nitrogen and oxygen atoms in total. The van der Waals surface area contributed by atoms with Gasteiger partial charge in [0.15, 0.2) is 0 Å². The molecule has 2 aromatic heterocycles. The normalized spacial score (nSPS) is 11.0. The summed E-state index contributed by atoms with van der Waals surface area (Å²) in [5.74, 6) is 0.540. The third-order valence-electron chi connectivity index (χ3n) is 3.25. The van der Waals surface area contributed by atoms with Crippen molar-refractivity contribution in [1.82, 2.24) is 9.97 Å². The number of aromatic nitrogens is 2. The van der Waals surface area contributed by atoms with E-state index in [0.29, 0.717) is 9.99 Å². The number of halogens is 2. The molecule has 0 spiro atoms. The third kappa shape index (κ3) is 3.22. The van der Waals surface area contributed by atoms with E-state index in [-0.39, 0.29) is 5.82 Å². The molecule has 0 atom stereocenters. The number of hydrogen-bond donors (Lipinski definition) is 0.